The Bertz CT molecular complexity index is 4230. The molecule has 412 valence electrons. The highest BCUT2D eigenvalue weighted by atomic mass is 15.2. The second kappa shape index (κ2) is 19.8. The molecule has 0 N–H and O–H groups in total. The largest absolute Gasteiger partial charge is 0.310 e. The van der Waals surface area contributed by atoms with Crippen LogP contribution in [0.15, 0.2) is 231 Å². The molecular formula is C83H70N2. The number of para-hydroxylation sites is 4. The van der Waals surface area contributed by atoms with Crippen molar-refractivity contribution in [3.8, 4) is 33.4 Å². The SMILES string of the molecule is Cc1ccccc1N(c1ccc2c(c1)C(C)(C)c1cc(/C=C/c3ccc4c(c3)C3(Cc5ccccc5C3)c3cc(/C=C/c5ccc6c(c5)C(C)(C)c5cc(N(c7ccccc7C)c7ccccc7C)ccc5-6)ccc3-4)ccc1-2)c1ccccc1C. The molecule has 0 unspecified atom stereocenters. The summed E-state index contributed by atoms with van der Waals surface area (Å²) in [6, 6.07) is 86.9. The zero-order valence-corrected chi connectivity index (χ0v) is 50.1. The van der Waals surface area contributed by atoms with E-state index in [1.165, 1.54) is 157 Å². The molecule has 1 spiro atoms. The molecule has 11 aromatic carbocycles. The first-order chi connectivity index (χ1) is 41.2. The van der Waals surface area contributed by atoms with Crippen molar-refractivity contribution in [3.05, 3.63) is 320 Å². The average Bonchev–Trinajstić information content (AvgIpc) is 1.60. The number of benzene rings is 11. The molecular weight excluding hydrogens is 1020 g/mol. The van der Waals surface area contributed by atoms with Crippen LogP contribution in [0.3, 0.4) is 0 Å². The van der Waals surface area contributed by atoms with E-state index >= 15 is 0 Å². The number of aryl methyl sites for hydroxylation is 4. The highest BCUT2D eigenvalue weighted by Crippen LogP contribution is 2.57. The molecule has 4 aliphatic rings. The minimum atomic E-state index is -0.186. The van der Waals surface area contributed by atoms with Gasteiger partial charge < -0.3 is 9.80 Å². The standard InChI is InChI=1S/C83H70N2/c1-53-19-9-15-25-77(53)84(78-26-16-10-20-54(78)2)63-37-43-67-65-39-33-57(45-71(65)81(5,6)73(67)49-63)29-31-59-35-41-69-70-42-36-60(48-76(70)83(75(69)47-59)51-61-23-13-14-24-62(61)52-83)32-30-58-34-40-66-68-44-38-64(50-74(68)82(7,8)72(66)46-58)85(79-27-17-11-21-55(79)3)80-28-18-12-22-56(80)4/h9-50H,51-52H2,1-8H3/b31-29+,32-30+. The van der Waals surface area contributed by atoms with Gasteiger partial charge in [0.25, 0.3) is 0 Å². The van der Waals surface area contributed by atoms with E-state index in [0.29, 0.717) is 0 Å². The van der Waals surface area contributed by atoms with Crippen LogP contribution in [-0.4, -0.2) is 0 Å². The highest BCUT2D eigenvalue weighted by molar-refractivity contribution is 5.91. The lowest BCUT2D eigenvalue weighted by Crippen LogP contribution is -2.26. The Morgan fingerprint density at radius 2 is 0.541 bits per heavy atom. The first kappa shape index (κ1) is 52.3. The molecule has 85 heavy (non-hydrogen) atoms. The van der Waals surface area contributed by atoms with Gasteiger partial charge in [-0.25, -0.2) is 0 Å². The van der Waals surface area contributed by atoms with Crippen LogP contribution in [-0.2, 0) is 29.1 Å². The van der Waals surface area contributed by atoms with E-state index in [1.54, 1.807) is 0 Å². The molecule has 0 saturated carbocycles. The predicted octanol–water partition coefficient (Wildman–Crippen LogP) is 21.9. The molecule has 0 bridgehead atoms. The normalized spacial score (nSPS) is 14.9. The maximum absolute atomic E-state index is 2.51. The summed E-state index contributed by atoms with van der Waals surface area (Å²) >= 11 is 0. The number of nitrogens with zero attached hydrogens (tertiary/aromatic N) is 2. The first-order valence-electron chi connectivity index (χ1n) is 30.4. The monoisotopic (exact) mass is 1090 g/mol. The van der Waals surface area contributed by atoms with Gasteiger partial charge in [0.2, 0.25) is 0 Å². The molecule has 0 fully saturated rings. The van der Waals surface area contributed by atoms with Crippen LogP contribution in [0.2, 0.25) is 0 Å². The van der Waals surface area contributed by atoms with Crippen molar-refractivity contribution in [3.63, 3.8) is 0 Å². The van der Waals surface area contributed by atoms with Crippen molar-refractivity contribution in [2.45, 2.75) is 84.5 Å². The zero-order valence-electron chi connectivity index (χ0n) is 50.1. The predicted molar refractivity (Wildman–Crippen MR) is 361 cm³/mol. The summed E-state index contributed by atoms with van der Waals surface area (Å²) in [7, 11) is 0. The summed E-state index contributed by atoms with van der Waals surface area (Å²) in [5.41, 5.74) is 35.8. The van der Waals surface area contributed by atoms with Gasteiger partial charge in [-0.1, -0.05) is 234 Å². The van der Waals surface area contributed by atoms with E-state index in [-0.39, 0.29) is 16.2 Å². The topological polar surface area (TPSA) is 6.48 Å². The summed E-state index contributed by atoms with van der Waals surface area (Å²) in [5.74, 6) is 0. The van der Waals surface area contributed by atoms with Gasteiger partial charge in [-0.2, -0.15) is 0 Å². The quantitative estimate of drug-likeness (QED) is 0.126. The molecule has 0 amide bonds. The Morgan fingerprint density at radius 3 is 0.859 bits per heavy atom. The third-order valence-corrected chi connectivity index (χ3v) is 19.8. The molecule has 0 aromatic heterocycles. The fourth-order valence-corrected chi connectivity index (χ4v) is 15.2. The van der Waals surface area contributed by atoms with E-state index in [2.05, 4.69) is 320 Å². The van der Waals surface area contributed by atoms with Crippen molar-refractivity contribution in [1.29, 1.82) is 0 Å². The van der Waals surface area contributed by atoms with Crippen LogP contribution in [0.5, 0.6) is 0 Å². The zero-order chi connectivity index (χ0) is 57.9. The third kappa shape index (κ3) is 8.43. The molecule has 2 nitrogen and oxygen atoms in total. The lowest BCUT2D eigenvalue weighted by molar-refractivity contribution is 0.563. The lowest BCUT2D eigenvalue weighted by Gasteiger charge is -2.30. The van der Waals surface area contributed by atoms with Crippen LogP contribution in [0.1, 0.15) is 117 Å². The molecule has 0 heterocycles. The number of hydrogen-bond donors (Lipinski definition) is 0. The second-order valence-corrected chi connectivity index (χ2v) is 25.6. The van der Waals surface area contributed by atoms with Crippen LogP contribution < -0.4 is 9.80 Å². The Hall–Kier alpha value is -9.50. The minimum Gasteiger partial charge on any atom is -0.310 e. The number of hydrogen-bond acceptors (Lipinski definition) is 2. The second-order valence-electron chi connectivity index (χ2n) is 25.6. The summed E-state index contributed by atoms with van der Waals surface area (Å²) in [5, 5.41) is 0. The Balaban J connectivity index is 0.715. The van der Waals surface area contributed by atoms with Gasteiger partial charge in [-0.05, 0) is 211 Å². The maximum atomic E-state index is 2.51. The molecule has 0 saturated heterocycles. The van der Waals surface area contributed by atoms with Crippen LogP contribution in [0.25, 0.3) is 57.7 Å². The highest BCUT2D eigenvalue weighted by Gasteiger charge is 2.47. The van der Waals surface area contributed by atoms with E-state index in [4.69, 9.17) is 0 Å². The van der Waals surface area contributed by atoms with Crippen molar-refractivity contribution in [2.75, 3.05) is 9.80 Å². The van der Waals surface area contributed by atoms with Gasteiger partial charge in [0.1, 0.15) is 0 Å². The fraction of sp³-hybridized carbons (Fsp3) is 0.157. The average molecular weight is 1100 g/mol. The van der Waals surface area contributed by atoms with Gasteiger partial charge in [0, 0.05) is 50.4 Å². The van der Waals surface area contributed by atoms with E-state index in [0.717, 1.165) is 12.8 Å². The van der Waals surface area contributed by atoms with Crippen molar-refractivity contribution >= 4 is 58.4 Å². The van der Waals surface area contributed by atoms with Gasteiger partial charge in [0.15, 0.2) is 0 Å². The van der Waals surface area contributed by atoms with Crippen LogP contribution >= 0.6 is 0 Å². The lowest BCUT2D eigenvalue weighted by atomic mass is 9.75. The first-order valence-corrected chi connectivity index (χ1v) is 30.4. The third-order valence-electron chi connectivity index (χ3n) is 19.8. The Morgan fingerprint density at radius 1 is 0.282 bits per heavy atom. The minimum absolute atomic E-state index is 0.144. The summed E-state index contributed by atoms with van der Waals surface area (Å²) in [4.78, 5) is 4.88. The van der Waals surface area contributed by atoms with Gasteiger partial charge >= 0.3 is 0 Å². The van der Waals surface area contributed by atoms with Crippen molar-refractivity contribution in [2.24, 2.45) is 0 Å². The van der Waals surface area contributed by atoms with E-state index < -0.39 is 0 Å². The van der Waals surface area contributed by atoms with Crippen molar-refractivity contribution < 1.29 is 0 Å². The molecule has 15 rings (SSSR count). The Kier molecular flexibility index (Phi) is 12.2. The van der Waals surface area contributed by atoms with Gasteiger partial charge in [0.05, 0.1) is 0 Å². The van der Waals surface area contributed by atoms with E-state index in [9.17, 15) is 0 Å². The van der Waals surface area contributed by atoms with Gasteiger partial charge in [-0.15, -0.1) is 0 Å². The summed E-state index contributed by atoms with van der Waals surface area (Å²) in [6.45, 7) is 18.4. The van der Waals surface area contributed by atoms with Gasteiger partial charge in [-0.3, -0.25) is 0 Å². The van der Waals surface area contributed by atoms with E-state index in [1.807, 2.05) is 0 Å². The number of anilines is 6. The van der Waals surface area contributed by atoms with Crippen molar-refractivity contribution in [1.82, 2.24) is 0 Å². The number of rotatable bonds is 10. The molecule has 11 aromatic rings. The molecule has 0 radical (unpaired) electrons. The summed E-state index contributed by atoms with van der Waals surface area (Å²) in [6.07, 6.45) is 11.3. The Labute approximate surface area is 502 Å². The summed E-state index contributed by atoms with van der Waals surface area (Å²) < 4.78 is 0. The maximum Gasteiger partial charge on any atom is 0.0490 e. The fourth-order valence-electron chi connectivity index (χ4n) is 15.2. The smallest absolute Gasteiger partial charge is 0.0490 e. The molecule has 0 atom stereocenters. The molecule has 0 aliphatic heterocycles. The van der Waals surface area contributed by atoms with Crippen LogP contribution in [0, 0.1) is 27.7 Å². The number of fused-ring (bicyclic) bond motifs is 12. The van der Waals surface area contributed by atoms with Crippen LogP contribution in [0.4, 0.5) is 34.1 Å². The molecule has 4 aliphatic carbocycles. The molecule has 2 heteroatoms.